The third-order valence-corrected chi connectivity index (χ3v) is 6.81. The van der Waals surface area contributed by atoms with Crippen LogP contribution in [0.3, 0.4) is 0 Å². The van der Waals surface area contributed by atoms with E-state index in [9.17, 15) is 4.79 Å². The summed E-state index contributed by atoms with van der Waals surface area (Å²) in [6, 6.07) is 28.1. The Morgan fingerprint density at radius 1 is 0.939 bits per heavy atom. The van der Waals surface area contributed by atoms with E-state index in [4.69, 9.17) is 17.3 Å². The van der Waals surface area contributed by atoms with Crippen LogP contribution in [-0.4, -0.2) is 24.9 Å². The number of hydrogen-bond acceptors (Lipinski definition) is 4. The van der Waals surface area contributed by atoms with Crippen LogP contribution in [0.1, 0.15) is 16.7 Å². The third kappa shape index (κ3) is 4.53. The van der Waals surface area contributed by atoms with E-state index in [-0.39, 0.29) is 5.91 Å². The Labute approximate surface area is 202 Å². The number of carbonyl (C=O) groups excluding carboxylic acids is 1. The van der Waals surface area contributed by atoms with Gasteiger partial charge in [-0.1, -0.05) is 102 Å². The molecule has 0 bridgehead atoms. The van der Waals surface area contributed by atoms with Crippen LogP contribution in [0.25, 0.3) is 23.0 Å². The van der Waals surface area contributed by atoms with Crippen LogP contribution in [0, 0.1) is 6.92 Å². The summed E-state index contributed by atoms with van der Waals surface area (Å²) in [6.07, 6.45) is 3.88. The Balaban J connectivity index is 1.53. The summed E-state index contributed by atoms with van der Waals surface area (Å²) in [6.45, 7) is 2.53. The van der Waals surface area contributed by atoms with Gasteiger partial charge >= 0.3 is 0 Å². The van der Waals surface area contributed by atoms with Gasteiger partial charge in [-0.05, 0) is 30.7 Å². The van der Waals surface area contributed by atoms with Crippen LogP contribution < -0.4 is 0 Å². The molecule has 1 aromatic heterocycles. The lowest BCUT2D eigenvalue weighted by Crippen LogP contribution is -2.27. The molecule has 2 heterocycles. The SMILES string of the molecule is Cc1ccc(-c2nn(-c3ccccc3)cc2C=C2SC(=S)N(Cc3ccccc3)C2=O)cc1. The first kappa shape index (κ1) is 21.4. The van der Waals surface area contributed by atoms with Crippen LogP contribution in [0.2, 0.25) is 0 Å². The first-order valence-electron chi connectivity index (χ1n) is 10.6. The van der Waals surface area contributed by atoms with Gasteiger partial charge in [0.25, 0.3) is 5.91 Å². The molecule has 0 saturated carbocycles. The Morgan fingerprint density at radius 3 is 2.30 bits per heavy atom. The lowest BCUT2D eigenvalue weighted by Gasteiger charge is -2.14. The van der Waals surface area contributed by atoms with Gasteiger partial charge in [-0.25, -0.2) is 4.68 Å². The van der Waals surface area contributed by atoms with Gasteiger partial charge < -0.3 is 0 Å². The summed E-state index contributed by atoms with van der Waals surface area (Å²) in [4.78, 5) is 15.5. The second kappa shape index (κ2) is 9.17. The summed E-state index contributed by atoms with van der Waals surface area (Å²) in [5, 5.41) is 4.86. The smallest absolute Gasteiger partial charge is 0.266 e. The zero-order chi connectivity index (χ0) is 22.8. The third-order valence-electron chi connectivity index (χ3n) is 5.43. The Kier molecular flexibility index (Phi) is 5.94. The maximum absolute atomic E-state index is 13.2. The number of para-hydroxylation sites is 1. The van der Waals surface area contributed by atoms with Crippen molar-refractivity contribution in [2.75, 3.05) is 0 Å². The average Bonchev–Trinajstić information content (AvgIpc) is 3.37. The zero-order valence-corrected chi connectivity index (χ0v) is 19.6. The second-order valence-corrected chi connectivity index (χ2v) is 9.51. The fourth-order valence-electron chi connectivity index (χ4n) is 3.69. The number of aryl methyl sites for hydroxylation is 1. The van der Waals surface area contributed by atoms with E-state index in [1.165, 1.54) is 17.3 Å². The fraction of sp³-hybridized carbons (Fsp3) is 0.0741. The summed E-state index contributed by atoms with van der Waals surface area (Å²) < 4.78 is 2.42. The average molecular weight is 468 g/mol. The Hall–Kier alpha value is -3.48. The molecule has 4 aromatic rings. The van der Waals surface area contributed by atoms with E-state index >= 15 is 0 Å². The number of hydrogen-bond donors (Lipinski definition) is 0. The number of rotatable bonds is 5. The van der Waals surface area contributed by atoms with Crippen molar-refractivity contribution in [1.29, 1.82) is 0 Å². The van der Waals surface area contributed by atoms with E-state index in [1.807, 2.05) is 77.6 Å². The molecule has 0 unspecified atom stereocenters. The van der Waals surface area contributed by atoms with Gasteiger partial charge in [0.15, 0.2) is 0 Å². The molecule has 33 heavy (non-hydrogen) atoms. The zero-order valence-electron chi connectivity index (χ0n) is 18.0. The molecule has 1 saturated heterocycles. The van der Waals surface area contributed by atoms with Crippen molar-refractivity contribution in [2.45, 2.75) is 13.5 Å². The predicted octanol–water partition coefficient (Wildman–Crippen LogP) is 6.25. The number of thiocarbonyl (C=S) groups is 1. The summed E-state index contributed by atoms with van der Waals surface area (Å²) in [5.74, 6) is -0.0730. The molecule has 162 valence electrons. The standard InChI is InChI=1S/C27H21N3OS2/c1-19-12-14-21(15-13-19)25-22(18-30(28-25)23-10-6-3-7-11-23)16-24-26(31)29(27(32)33-24)17-20-8-4-2-5-9-20/h2-16,18H,17H2,1H3. The quantitative estimate of drug-likeness (QED) is 0.257. The van der Waals surface area contributed by atoms with Crippen molar-refractivity contribution in [1.82, 2.24) is 14.7 Å². The molecule has 6 heteroatoms. The molecule has 3 aromatic carbocycles. The van der Waals surface area contributed by atoms with E-state index < -0.39 is 0 Å². The van der Waals surface area contributed by atoms with Crippen molar-refractivity contribution >= 4 is 40.3 Å². The monoisotopic (exact) mass is 467 g/mol. The van der Waals surface area contributed by atoms with Crippen molar-refractivity contribution in [3.8, 4) is 16.9 Å². The number of thioether (sulfide) groups is 1. The largest absolute Gasteiger partial charge is 0.288 e. The first-order chi connectivity index (χ1) is 16.1. The summed E-state index contributed by atoms with van der Waals surface area (Å²) in [7, 11) is 0. The van der Waals surface area contributed by atoms with E-state index in [0.717, 1.165) is 28.1 Å². The van der Waals surface area contributed by atoms with Crippen molar-refractivity contribution < 1.29 is 4.79 Å². The molecule has 1 amide bonds. The van der Waals surface area contributed by atoms with Gasteiger partial charge in [0, 0.05) is 17.3 Å². The number of nitrogens with zero attached hydrogens (tertiary/aromatic N) is 3. The maximum atomic E-state index is 13.2. The number of amides is 1. The Morgan fingerprint density at radius 2 is 1.61 bits per heavy atom. The summed E-state index contributed by atoms with van der Waals surface area (Å²) in [5.41, 5.74) is 5.90. The van der Waals surface area contributed by atoms with Crippen LogP contribution in [0.15, 0.2) is 96.0 Å². The minimum atomic E-state index is -0.0730. The molecule has 4 nitrogen and oxygen atoms in total. The minimum absolute atomic E-state index is 0.0730. The normalized spacial score (nSPS) is 14.9. The molecule has 0 radical (unpaired) electrons. The fourth-order valence-corrected chi connectivity index (χ4v) is 4.93. The molecule has 1 fully saturated rings. The van der Waals surface area contributed by atoms with Gasteiger partial charge in [0.05, 0.1) is 22.8 Å². The molecule has 1 aliphatic rings. The van der Waals surface area contributed by atoms with Crippen LogP contribution in [-0.2, 0) is 11.3 Å². The highest BCUT2D eigenvalue weighted by atomic mass is 32.2. The van der Waals surface area contributed by atoms with Crippen LogP contribution in [0.5, 0.6) is 0 Å². The Bertz CT molecular complexity index is 1340. The highest BCUT2D eigenvalue weighted by Crippen LogP contribution is 2.35. The highest BCUT2D eigenvalue weighted by Gasteiger charge is 2.32. The van der Waals surface area contributed by atoms with E-state index in [0.29, 0.717) is 15.8 Å². The summed E-state index contributed by atoms with van der Waals surface area (Å²) >= 11 is 6.88. The molecular weight excluding hydrogens is 446 g/mol. The van der Waals surface area contributed by atoms with Crippen molar-refractivity contribution in [3.63, 3.8) is 0 Å². The maximum Gasteiger partial charge on any atom is 0.266 e. The molecule has 0 N–H and O–H groups in total. The second-order valence-electron chi connectivity index (χ2n) is 7.83. The number of carbonyl (C=O) groups is 1. The number of benzene rings is 3. The molecular formula is C27H21N3OS2. The van der Waals surface area contributed by atoms with Gasteiger partial charge in [0.1, 0.15) is 4.32 Å². The van der Waals surface area contributed by atoms with Gasteiger partial charge in [-0.3, -0.25) is 9.69 Å². The van der Waals surface area contributed by atoms with Crippen molar-refractivity contribution in [3.05, 3.63) is 113 Å². The van der Waals surface area contributed by atoms with Crippen molar-refractivity contribution in [2.24, 2.45) is 0 Å². The lowest BCUT2D eigenvalue weighted by molar-refractivity contribution is -0.122. The lowest BCUT2D eigenvalue weighted by atomic mass is 10.1. The molecule has 1 aliphatic heterocycles. The van der Waals surface area contributed by atoms with E-state index in [1.54, 1.807) is 4.90 Å². The molecule has 0 aliphatic carbocycles. The molecule has 0 spiro atoms. The van der Waals surface area contributed by atoms with Gasteiger partial charge in [0.2, 0.25) is 0 Å². The van der Waals surface area contributed by atoms with Crippen LogP contribution >= 0.6 is 24.0 Å². The topological polar surface area (TPSA) is 38.1 Å². The minimum Gasteiger partial charge on any atom is -0.288 e. The first-order valence-corrected chi connectivity index (χ1v) is 11.8. The molecule has 5 rings (SSSR count). The molecule has 0 atom stereocenters. The van der Waals surface area contributed by atoms with Gasteiger partial charge in [-0.2, -0.15) is 5.10 Å². The van der Waals surface area contributed by atoms with Crippen LogP contribution in [0.4, 0.5) is 0 Å². The number of aromatic nitrogens is 2. The van der Waals surface area contributed by atoms with Gasteiger partial charge in [-0.15, -0.1) is 0 Å². The van der Waals surface area contributed by atoms with E-state index in [2.05, 4.69) is 31.2 Å². The predicted molar refractivity (Wildman–Crippen MR) is 139 cm³/mol. The highest BCUT2D eigenvalue weighted by molar-refractivity contribution is 8.26.